The summed E-state index contributed by atoms with van der Waals surface area (Å²) in [4.78, 5) is 3.31. The molecule has 0 aromatic carbocycles. The van der Waals surface area contributed by atoms with Crippen molar-refractivity contribution in [3.05, 3.63) is 29.6 Å². The molecule has 0 saturated heterocycles. The van der Waals surface area contributed by atoms with Crippen LogP contribution in [0, 0.1) is 0 Å². The number of halogens is 3. The van der Waals surface area contributed by atoms with Crippen LogP contribution < -0.4 is 5.73 Å². The van der Waals surface area contributed by atoms with Gasteiger partial charge in [0, 0.05) is 6.20 Å². The smallest absolute Gasteiger partial charge is 0.336 e. The molecule has 0 spiro atoms. The van der Waals surface area contributed by atoms with Crippen LogP contribution in [0.25, 0.3) is 0 Å². The maximum Gasteiger partial charge on any atom is 0.433 e. The Morgan fingerprint density at radius 3 is 2.07 bits per heavy atom. The Morgan fingerprint density at radius 1 is 1.21 bits per heavy atom. The van der Waals surface area contributed by atoms with Gasteiger partial charge < -0.3 is 5.73 Å². The van der Waals surface area contributed by atoms with E-state index in [2.05, 4.69) is 4.98 Å². The van der Waals surface area contributed by atoms with Gasteiger partial charge in [-0.1, -0.05) is 6.07 Å². The van der Waals surface area contributed by atoms with E-state index < -0.39 is 17.2 Å². The van der Waals surface area contributed by atoms with Crippen molar-refractivity contribution < 1.29 is 13.2 Å². The van der Waals surface area contributed by atoms with Crippen molar-refractivity contribution in [3.8, 4) is 0 Å². The third-order valence-electron chi connectivity index (χ3n) is 1.80. The van der Waals surface area contributed by atoms with Gasteiger partial charge in [-0.25, -0.2) is 0 Å². The highest BCUT2D eigenvalue weighted by atomic mass is 19.4. The monoisotopic (exact) mass is 200 g/mol. The molecule has 0 fully saturated rings. The predicted octanol–water partition coefficient (Wildman–Crippen LogP) is -0.564. The normalized spacial score (nSPS) is 12.9. The lowest BCUT2D eigenvalue weighted by atomic mass is 9.59. The Hall–Kier alpha value is -0.970. The minimum atomic E-state index is -4.39. The van der Waals surface area contributed by atoms with Crippen LogP contribution in [-0.4, -0.2) is 20.7 Å². The Kier molecular flexibility index (Phi) is 2.63. The Morgan fingerprint density at radius 2 is 1.79 bits per heavy atom. The SMILES string of the molecule is BC(B)(N)c1ccc(C(F)(F)F)nc1. The van der Waals surface area contributed by atoms with Crippen LogP contribution in [0.4, 0.5) is 13.2 Å². The zero-order valence-corrected chi connectivity index (χ0v) is 7.89. The van der Waals surface area contributed by atoms with Crippen LogP contribution in [0.3, 0.4) is 0 Å². The lowest BCUT2D eigenvalue weighted by Gasteiger charge is -2.19. The van der Waals surface area contributed by atoms with Crippen molar-refractivity contribution >= 4 is 15.7 Å². The summed E-state index contributed by atoms with van der Waals surface area (Å²) in [6.45, 7) is 0. The van der Waals surface area contributed by atoms with Crippen LogP contribution in [0.1, 0.15) is 11.3 Å². The van der Waals surface area contributed by atoms with Gasteiger partial charge in [-0.05, 0) is 17.0 Å². The number of alkyl halides is 3. The van der Waals surface area contributed by atoms with Gasteiger partial charge in [-0.2, -0.15) is 13.2 Å². The van der Waals surface area contributed by atoms with Crippen LogP contribution in [0.5, 0.6) is 0 Å². The molecule has 0 aliphatic rings. The zero-order valence-electron chi connectivity index (χ0n) is 7.89. The van der Waals surface area contributed by atoms with E-state index in [-0.39, 0.29) is 0 Å². The number of rotatable bonds is 1. The standard InChI is InChI=1S/C7H9B2F3N2/c8-6(9,13)4-1-2-5(14-3-4)7(10,11)12/h1-3H,8-9,13H2. The van der Waals surface area contributed by atoms with Crippen LogP contribution in [-0.2, 0) is 11.5 Å². The summed E-state index contributed by atoms with van der Waals surface area (Å²) in [5.41, 5.74) is 5.37. The largest absolute Gasteiger partial charge is 0.433 e. The molecule has 14 heavy (non-hydrogen) atoms. The minimum Gasteiger partial charge on any atom is -0.336 e. The van der Waals surface area contributed by atoms with Crippen molar-refractivity contribution in [2.75, 3.05) is 0 Å². The summed E-state index contributed by atoms with van der Waals surface area (Å²) in [6.07, 6.45) is -3.24. The zero-order chi connectivity index (χ0) is 11.0. The fourth-order valence-electron chi connectivity index (χ4n) is 0.943. The first-order chi connectivity index (χ1) is 6.21. The lowest BCUT2D eigenvalue weighted by molar-refractivity contribution is -0.141. The van der Waals surface area contributed by atoms with Gasteiger partial charge in [0.05, 0.1) is 0 Å². The summed E-state index contributed by atoms with van der Waals surface area (Å²) in [5.74, 6) is 0. The van der Waals surface area contributed by atoms with E-state index in [9.17, 15) is 13.2 Å². The molecule has 0 saturated carbocycles. The molecule has 0 aliphatic heterocycles. The molecule has 0 amide bonds. The second-order valence-corrected chi connectivity index (χ2v) is 3.65. The highest BCUT2D eigenvalue weighted by Gasteiger charge is 2.32. The third-order valence-corrected chi connectivity index (χ3v) is 1.80. The van der Waals surface area contributed by atoms with Gasteiger partial charge in [-0.3, -0.25) is 4.98 Å². The fourth-order valence-corrected chi connectivity index (χ4v) is 0.943. The van der Waals surface area contributed by atoms with Crippen molar-refractivity contribution in [1.29, 1.82) is 0 Å². The van der Waals surface area contributed by atoms with Crippen LogP contribution in [0.2, 0.25) is 0 Å². The number of aromatic nitrogens is 1. The average molecular weight is 200 g/mol. The molecule has 1 aromatic rings. The number of pyridine rings is 1. The molecule has 0 atom stereocenters. The molecule has 2 N–H and O–H groups in total. The van der Waals surface area contributed by atoms with Crippen molar-refractivity contribution in [2.45, 2.75) is 11.5 Å². The van der Waals surface area contributed by atoms with Gasteiger partial charge in [0.15, 0.2) is 0 Å². The van der Waals surface area contributed by atoms with Crippen molar-refractivity contribution in [3.63, 3.8) is 0 Å². The number of hydrogen-bond donors (Lipinski definition) is 1. The molecule has 0 aliphatic carbocycles. The van der Waals surface area contributed by atoms with E-state index in [0.717, 1.165) is 12.3 Å². The Balaban J connectivity index is 3.02. The number of nitrogens with two attached hydrogens (primary N) is 1. The summed E-state index contributed by atoms with van der Waals surface area (Å²) in [5, 5.41) is -0.670. The van der Waals surface area contributed by atoms with Crippen molar-refractivity contribution in [2.24, 2.45) is 5.73 Å². The van der Waals surface area contributed by atoms with E-state index in [1.165, 1.54) is 6.07 Å². The maximum absolute atomic E-state index is 12.1. The first kappa shape index (κ1) is 11.1. The molecule has 1 rings (SSSR count). The van der Waals surface area contributed by atoms with Crippen LogP contribution in [0.15, 0.2) is 18.3 Å². The molecule has 0 unspecified atom stereocenters. The first-order valence-electron chi connectivity index (χ1n) is 4.04. The molecule has 1 heterocycles. The van der Waals surface area contributed by atoms with Gasteiger partial charge in [-0.15, -0.1) is 0 Å². The van der Waals surface area contributed by atoms with E-state index >= 15 is 0 Å². The molecule has 1 aromatic heterocycles. The summed E-state index contributed by atoms with van der Waals surface area (Å²) in [7, 11) is 3.41. The van der Waals surface area contributed by atoms with E-state index in [1.807, 2.05) is 0 Å². The van der Waals surface area contributed by atoms with Gasteiger partial charge in [0.1, 0.15) is 21.4 Å². The summed E-state index contributed by atoms with van der Waals surface area (Å²) >= 11 is 0. The molecule has 0 radical (unpaired) electrons. The van der Waals surface area contributed by atoms with E-state index in [4.69, 9.17) is 5.73 Å². The molecular weight excluding hydrogens is 191 g/mol. The molecule has 7 heteroatoms. The number of hydrogen-bond acceptors (Lipinski definition) is 2. The Bertz CT molecular complexity index is 282. The summed E-state index contributed by atoms with van der Waals surface area (Å²) in [6, 6.07) is 2.28. The second-order valence-electron chi connectivity index (χ2n) is 3.65. The quantitative estimate of drug-likeness (QED) is 0.616. The topological polar surface area (TPSA) is 38.9 Å². The summed E-state index contributed by atoms with van der Waals surface area (Å²) < 4.78 is 36.4. The van der Waals surface area contributed by atoms with E-state index in [1.54, 1.807) is 15.7 Å². The maximum atomic E-state index is 12.1. The molecule has 2 nitrogen and oxygen atoms in total. The molecular formula is C7H9B2F3N2. The average Bonchev–Trinajstić information content (AvgIpc) is 2.01. The fraction of sp³-hybridized carbons (Fsp3) is 0.286. The second kappa shape index (κ2) is 3.31. The minimum absolute atomic E-state index is 0.575. The van der Waals surface area contributed by atoms with Crippen LogP contribution >= 0.6 is 0 Å². The predicted molar refractivity (Wildman–Crippen MR) is 52.2 cm³/mol. The molecule has 74 valence electrons. The van der Waals surface area contributed by atoms with E-state index in [0.29, 0.717) is 5.56 Å². The van der Waals surface area contributed by atoms with Gasteiger partial charge in [0.25, 0.3) is 0 Å². The highest BCUT2D eigenvalue weighted by Crippen LogP contribution is 2.27. The Labute approximate surface area is 81.5 Å². The molecule has 0 bridgehead atoms. The first-order valence-corrected chi connectivity index (χ1v) is 4.04. The lowest BCUT2D eigenvalue weighted by Crippen LogP contribution is -2.37. The van der Waals surface area contributed by atoms with Gasteiger partial charge >= 0.3 is 6.18 Å². The number of nitrogens with zero attached hydrogens (tertiary/aromatic N) is 1. The van der Waals surface area contributed by atoms with Crippen molar-refractivity contribution in [1.82, 2.24) is 4.98 Å². The highest BCUT2D eigenvalue weighted by molar-refractivity contribution is 6.39. The van der Waals surface area contributed by atoms with Gasteiger partial charge in [0.2, 0.25) is 0 Å². The third kappa shape index (κ3) is 2.51.